The summed E-state index contributed by atoms with van der Waals surface area (Å²) in [4.78, 5) is 33.1. The van der Waals surface area contributed by atoms with Crippen molar-refractivity contribution in [3.8, 4) is 5.75 Å². The standard InChI is InChI=1S/C27H27N3O4S/c1-3-34-26(32)23-24(17-7-5-4-6-8-17)29-27-30(25(23)18-9-13-21(33-2)14-10-18)20(16-35-27)15-22(31)28-19-11-12-19/h4-10,13-14,16,19,25H,3,11-12,15H2,1-2H3,(H,28,31). The summed E-state index contributed by atoms with van der Waals surface area (Å²) in [5, 5.41) is 5.74. The number of rotatable bonds is 8. The smallest absolute Gasteiger partial charge is 0.338 e. The molecule has 1 unspecified atom stereocenters. The highest BCUT2D eigenvalue weighted by Crippen LogP contribution is 2.47. The predicted octanol–water partition coefficient (Wildman–Crippen LogP) is 4.64. The second-order valence-corrected chi connectivity index (χ2v) is 9.37. The monoisotopic (exact) mass is 489 g/mol. The maximum absolute atomic E-state index is 13.5. The Morgan fingerprint density at radius 3 is 2.51 bits per heavy atom. The Morgan fingerprint density at radius 2 is 1.86 bits per heavy atom. The Bertz CT molecular complexity index is 1220. The first-order chi connectivity index (χ1) is 17.1. The van der Waals surface area contributed by atoms with Crippen LogP contribution in [0.4, 0.5) is 0 Å². The zero-order valence-corrected chi connectivity index (χ0v) is 20.5. The van der Waals surface area contributed by atoms with E-state index in [-0.39, 0.29) is 25.0 Å². The number of hydrogen-bond donors (Lipinski definition) is 1. The number of fused-ring (bicyclic) bond motifs is 1. The number of benzene rings is 2. The molecule has 0 saturated heterocycles. The lowest BCUT2D eigenvalue weighted by molar-refractivity contribution is -0.139. The molecule has 35 heavy (non-hydrogen) atoms. The number of hydrogen-bond acceptors (Lipinski definition) is 7. The van der Waals surface area contributed by atoms with Crippen molar-refractivity contribution in [1.82, 2.24) is 10.2 Å². The van der Waals surface area contributed by atoms with Gasteiger partial charge >= 0.3 is 5.97 Å². The first kappa shape index (κ1) is 23.2. The molecule has 2 aliphatic heterocycles. The number of nitrogens with one attached hydrogen (secondary N) is 1. The van der Waals surface area contributed by atoms with Gasteiger partial charge in [-0.15, -0.1) is 0 Å². The van der Waals surface area contributed by atoms with Crippen molar-refractivity contribution in [2.24, 2.45) is 4.99 Å². The number of carbonyl (C=O) groups excluding carboxylic acids is 2. The molecule has 2 heterocycles. The number of methoxy groups -OCH3 is 1. The van der Waals surface area contributed by atoms with Gasteiger partial charge in [0.05, 0.1) is 37.4 Å². The molecule has 1 saturated carbocycles. The van der Waals surface area contributed by atoms with Gasteiger partial charge in [-0.3, -0.25) is 4.79 Å². The van der Waals surface area contributed by atoms with E-state index in [2.05, 4.69) is 5.32 Å². The fraction of sp³-hybridized carbons (Fsp3) is 0.296. The van der Waals surface area contributed by atoms with E-state index in [0.29, 0.717) is 11.3 Å². The minimum Gasteiger partial charge on any atom is -0.497 e. The molecule has 1 amide bonds. The second-order valence-electron chi connectivity index (χ2n) is 8.53. The van der Waals surface area contributed by atoms with Crippen molar-refractivity contribution in [2.75, 3.05) is 13.7 Å². The van der Waals surface area contributed by atoms with Crippen molar-refractivity contribution in [3.63, 3.8) is 0 Å². The molecule has 3 aliphatic rings. The van der Waals surface area contributed by atoms with Gasteiger partial charge in [0.15, 0.2) is 5.17 Å². The summed E-state index contributed by atoms with van der Waals surface area (Å²) >= 11 is 1.47. The number of esters is 1. The lowest BCUT2D eigenvalue weighted by Gasteiger charge is -2.36. The first-order valence-corrected chi connectivity index (χ1v) is 12.6. The van der Waals surface area contributed by atoms with E-state index < -0.39 is 12.0 Å². The highest BCUT2D eigenvalue weighted by Gasteiger charge is 2.42. The lowest BCUT2D eigenvalue weighted by Crippen LogP contribution is -2.38. The van der Waals surface area contributed by atoms with E-state index in [9.17, 15) is 9.59 Å². The number of nitrogens with zero attached hydrogens (tertiary/aromatic N) is 2. The van der Waals surface area contributed by atoms with E-state index in [4.69, 9.17) is 14.5 Å². The molecule has 1 atom stereocenters. The van der Waals surface area contributed by atoms with Crippen LogP contribution in [0.25, 0.3) is 5.70 Å². The highest BCUT2D eigenvalue weighted by molar-refractivity contribution is 8.16. The van der Waals surface area contributed by atoms with Crippen LogP contribution in [0.2, 0.25) is 0 Å². The largest absolute Gasteiger partial charge is 0.497 e. The summed E-state index contributed by atoms with van der Waals surface area (Å²) in [6.45, 7) is 2.04. The summed E-state index contributed by atoms with van der Waals surface area (Å²) in [7, 11) is 1.62. The van der Waals surface area contributed by atoms with Gasteiger partial charge in [0.2, 0.25) is 5.91 Å². The minimum atomic E-state index is -0.502. The molecule has 1 aliphatic carbocycles. The topological polar surface area (TPSA) is 80.2 Å². The predicted molar refractivity (Wildman–Crippen MR) is 136 cm³/mol. The molecule has 7 nitrogen and oxygen atoms in total. The zero-order chi connectivity index (χ0) is 24.4. The average molecular weight is 490 g/mol. The van der Waals surface area contributed by atoms with Gasteiger partial charge in [-0.2, -0.15) is 0 Å². The molecule has 8 heteroatoms. The quantitative estimate of drug-likeness (QED) is 0.544. The molecule has 2 aromatic carbocycles. The summed E-state index contributed by atoms with van der Waals surface area (Å²) in [6, 6.07) is 17.1. The van der Waals surface area contributed by atoms with Crippen LogP contribution in [0, 0.1) is 0 Å². The fourth-order valence-electron chi connectivity index (χ4n) is 4.26. The van der Waals surface area contributed by atoms with Crippen LogP contribution >= 0.6 is 11.8 Å². The van der Waals surface area contributed by atoms with Crippen LogP contribution in [0.5, 0.6) is 5.75 Å². The van der Waals surface area contributed by atoms with E-state index in [1.807, 2.05) is 64.9 Å². The number of thioether (sulfide) groups is 1. The third kappa shape index (κ3) is 4.84. The van der Waals surface area contributed by atoms with Crippen LogP contribution < -0.4 is 10.1 Å². The Labute approximate surface area is 208 Å². The molecule has 2 aromatic rings. The molecule has 1 fully saturated rings. The minimum absolute atomic E-state index is 0.0235. The van der Waals surface area contributed by atoms with E-state index in [1.54, 1.807) is 14.0 Å². The number of amides is 1. The van der Waals surface area contributed by atoms with Crippen molar-refractivity contribution in [3.05, 3.63) is 82.4 Å². The van der Waals surface area contributed by atoms with Crippen molar-refractivity contribution < 1.29 is 19.1 Å². The second kappa shape index (κ2) is 10.00. The van der Waals surface area contributed by atoms with Crippen LogP contribution in [0.1, 0.15) is 43.4 Å². The molecular formula is C27H27N3O4S. The van der Waals surface area contributed by atoms with Crippen LogP contribution in [0.3, 0.4) is 0 Å². The molecule has 0 radical (unpaired) electrons. The number of amidine groups is 1. The Balaban J connectivity index is 1.62. The molecule has 0 bridgehead atoms. The molecule has 5 rings (SSSR count). The summed E-state index contributed by atoms with van der Waals surface area (Å²) in [5.41, 5.74) is 3.55. The molecule has 0 aromatic heterocycles. The Hall–Kier alpha value is -3.52. The van der Waals surface area contributed by atoms with Gasteiger partial charge in [0.1, 0.15) is 5.75 Å². The molecule has 0 spiro atoms. The Kier molecular flexibility index (Phi) is 6.63. The number of carbonyl (C=O) groups is 2. The van der Waals surface area contributed by atoms with Gasteiger partial charge in [-0.25, -0.2) is 9.79 Å². The van der Waals surface area contributed by atoms with Gasteiger partial charge in [-0.1, -0.05) is 54.2 Å². The van der Waals surface area contributed by atoms with Gasteiger partial charge in [-0.05, 0) is 42.9 Å². The van der Waals surface area contributed by atoms with E-state index >= 15 is 0 Å². The number of ether oxygens (including phenoxy) is 2. The average Bonchev–Trinajstić information content (AvgIpc) is 3.61. The molecule has 180 valence electrons. The summed E-state index contributed by atoms with van der Waals surface area (Å²) in [6.07, 6.45) is 2.27. The first-order valence-electron chi connectivity index (χ1n) is 11.7. The maximum atomic E-state index is 13.5. The van der Waals surface area contributed by atoms with E-state index in [0.717, 1.165) is 40.6 Å². The van der Waals surface area contributed by atoms with Crippen molar-refractivity contribution in [1.29, 1.82) is 0 Å². The van der Waals surface area contributed by atoms with Gasteiger partial charge in [0.25, 0.3) is 0 Å². The summed E-state index contributed by atoms with van der Waals surface area (Å²) in [5.74, 6) is 0.275. The Morgan fingerprint density at radius 1 is 1.11 bits per heavy atom. The third-order valence-electron chi connectivity index (χ3n) is 6.07. The van der Waals surface area contributed by atoms with Crippen LogP contribution in [-0.4, -0.2) is 41.7 Å². The van der Waals surface area contributed by atoms with Crippen molar-refractivity contribution >= 4 is 34.5 Å². The van der Waals surface area contributed by atoms with Crippen LogP contribution in [-0.2, 0) is 14.3 Å². The summed E-state index contributed by atoms with van der Waals surface area (Å²) < 4.78 is 10.9. The highest BCUT2D eigenvalue weighted by atomic mass is 32.2. The maximum Gasteiger partial charge on any atom is 0.338 e. The SMILES string of the molecule is CCOC(=O)C1=C(c2ccccc2)N=C2SC=C(CC(=O)NC3CC3)N2C1c1ccc(OC)cc1. The zero-order valence-electron chi connectivity index (χ0n) is 19.7. The molecular weight excluding hydrogens is 462 g/mol. The molecule has 1 N–H and O–H groups in total. The van der Waals surface area contributed by atoms with E-state index in [1.165, 1.54) is 11.8 Å². The van der Waals surface area contributed by atoms with Crippen LogP contribution in [0.15, 0.2) is 76.3 Å². The fourth-order valence-corrected chi connectivity index (χ4v) is 5.18. The van der Waals surface area contributed by atoms with Gasteiger partial charge < -0.3 is 19.7 Å². The lowest BCUT2D eigenvalue weighted by atomic mass is 9.91. The van der Waals surface area contributed by atoms with Gasteiger partial charge in [0, 0.05) is 17.3 Å². The number of aliphatic imine (C=N–C) groups is 1. The normalized spacial score (nSPS) is 19.0. The van der Waals surface area contributed by atoms with Crippen molar-refractivity contribution in [2.45, 2.75) is 38.3 Å². The third-order valence-corrected chi connectivity index (χ3v) is 6.96.